The summed E-state index contributed by atoms with van der Waals surface area (Å²) in [5.74, 6) is -1.53. The Labute approximate surface area is 191 Å². The van der Waals surface area contributed by atoms with Crippen molar-refractivity contribution in [2.24, 2.45) is 0 Å². The van der Waals surface area contributed by atoms with E-state index in [1.54, 1.807) is 72.8 Å². The summed E-state index contributed by atoms with van der Waals surface area (Å²) in [6.45, 7) is 1.47. The highest BCUT2D eigenvalue weighted by atomic mass is 16.5. The first-order chi connectivity index (χ1) is 15.9. The molecular formula is C25H24N3O5-. The number of anilines is 2. The predicted octanol–water partition coefficient (Wildman–Crippen LogP) is 2.65. The Morgan fingerprint density at radius 1 is 0.970 bits per heavy atom. The van der Waals surface area contributed by atoms with Gasteiger partial charge in [0.05, 0.1) is 19.6 Å². The Morgan fingerprint density at radius 2 is 1.67 bits per heavy atom. The molecule has 0 saturated heterocycles. The Kier molecular flexibility index (Phi) is 7.64. The van der Waals surface area contributed by atoms with E-state index in [9.17, 15) is 19.5 Å². The molecule has 33 heavy (non-hydrogen) atoms. The summed E-state index contributed by atoms with van der Waals surface area (Å²) in [6, 6.07) is 19.9. The summed E-state index contributed by atoms with van der Waals surface area (Å²) in [5.41, 5.74) is 2.23. The average molecular weight is 446 g/mol. The van der Waals surface area contributed by atoms with Gasteiger partial charge in [-0.05, 0) is 54.4 Å². The molecule has 0 aliphatic rings. The molecule has 1 atom stereocenters. The second kappa shape index (κ2) is 10.8. The molecule has 0 heterocycles. The average Bonchev–Trinajstić information content (AvgIpc) is 2.81. The van der Waals surface area contributed by atoms with Gasteiger partial charge in [-0.25, -0.2) is 4.79 Å². The van der Waals surface area contributed by atoms with Crippen LogP contribution in [-0.2, 0) is 9.59 Å². The fourth-order valence-electron chi connectivity index (χ4n) is 3.34. The van der Waals surface area contributed by atoms with Crippen molar-refractivity contribution in [2.45, 2.75) is 13.0 Å². The monoisotopic (exact) mass is 446 g/mol. The largest absolute Gasteiger partial charge is 0.547 e. The number of carboxylic acid groups (broad SMARTS) is 1. The number of nitrogens with one attached hydrogen (secondary N) is 2. The minimum absolute atomic E-state index is 0.331. The van der Waals surface area contributed by atoms with Gasteiger partial charge in [-0.1, -0.05) is 42.5 Å². The van der Waals surface area contributed by atoms with E-state index in [2.05, 4.69) is 10.6 Å². The maximum atomic E-state index is 13.2. The summed E-state index contributed by atoms with van der Waals surface area (Å²) in [6.07, 6.45) is 0. The number of aryl methyl sites for hydroxylation is 1. The maximum absolute atomic E-state index is 13.2. The normalized spacial score (nSPS) is 11.2. The second-order valence-corrected chi connectivity index (χ2v) is 7.27. The van der Waals surface area contributed by atoms with Crippen LogP contribution >= 0.6 is 0 Å². The molecule has 0 fully saturated rings. The van der Waals surface area contributed by atoms with Crippen LogP contribution in [0.5, 0.6) is 5.75 Å². The third kappa shape index (κ3) is 6.10. The zero-order chi connectivity index (χ0) is 23.8. The minimum Gasteiger partial charge on any atom is -0.547 e. The van der Waals surface area contributed by atoms with Crippen LogP contribution < -0.4 is 25.4 Å². The van der Waals surface area contributed by atoms with Gasteiger partial charge in [-0.15, -0.1) is 0 Å². The van der Waals surface area contributed by atoms with Crippen molar-refractivity contribution in [1.82, 2.24) is 5.32 Å². The van der Waals surface area contributed by atoms with Crippen LogP contribution in [0.1, 0.15) is 17.2 Å². The molecule has 170 valence electrons. The number of carbonyl (C=O) groups excluding carboxylic acids is 3. The molecule has 0 radical (unpaired) electrons. The molecule has 0 aliphatic heterocycles. The number of hydrogen-bond donors (Lipinski definition) is 2. The Balaban J connectivity index is 1.82. The third-order valence-electron chi connectivity index (χ3n) is 4.89. The number of ether oxygens (including phenoxy) is 1. The van der Waals surface area contributed by atoms with Gasteiger partial charge >= 0.3 is 6.03 Å². The number of benzene rings is 3. The molecule has 0 bridgehead atoms. The molecule has 0 saturated carbocycles. The molecule has 2 N–H and O–H groups in total. The van der Waals surface area contributed by atoms with E-state index < -0.39 is 30.5 Å². The molecule has 3 aromatic rings. The molecule has 0 spiro atoms. The van der Waals surface area contributed by atoms with Crippen LogP contribution in [-0.4, -0.2) is 31.6 Å². The fourth-order valence-corrected chi connectivity index (χ4v) is 3.34. The van der Waals surface area contributed by atoms with E-state index in [0.29, 0.717) is 22.7 Å². The summed E-state index contributed by atoms with van der Waals surface area (Å²) in [5, 5.41) is 17.3. The first-order valence-electron chi connectivity index (χ1n) is 10.2. The van der Waals surface area contributed by atoms with Gasteiger partial charge in [0.1, 0.15) is 11.8 Å². The maximum Gasteiger partial charge on any atom is 0.319 e. The zero-order valence-corrected chi connectivity index (χ0v) is 18.3. The number of para-hydroxylation sites is 1. The van der Waals surface area contributed by atoms with Crippen LogP contribution in [0.4, 0.5) is 16.2 Å². The number of urea groups is 1. The molecule has 3 amide bonds. The Morgan fingerprint density at radius 3 is 2.27 bits per heavy atom. The molecule has 8 nitrogen and oxygen atoms in total. The predicted molar refractivity (Wildman–Crippen MR) is 123 cm³/mol. The van der Waals surface area contributed by atoms with Crippen molar-refractivity contribution in [2.75, 3.05) is 23.9 Å². The van der Waals surface area contributed by atoms with Crippen LogP contribution in [0.2, 0.25) is 0 Å². The van der Waals surface area contributed by atoms with Gasteiger partial charge in [0.2, 0.25) is 5.91 Å². The summed E-state index contributed by atoms with van der Waals surface area (Å²) >= 11 is 0. The molecule has 8 heteroatoms. The van der Waals surface area contributed by atoms with E-state index >= 15 is 0 Å². The highest BCUT2D eigenvalue weighted by Gasteiger charge is 2.28. The van der Waals surface area contributed by atoms with Crippen molar-refractivity contribution >= 4 is 29.3 Å². The van der Waals surface area contributed by atoms with Crippen LogP contribution in [0.3, 0.4) is 0 Å². The van der Waals surface area contributed by atoms with E-state index in [4.69, 9.17) is 4.74 Å². The highest BCUT2D eigenvalue weighted by molar-refractivity contribution is 6.02. The molecule has 3 rings (SSSR count). The zero-order valence-electron chi connectivity index (χ0n) is 18.3. The number of methoxy groups -OCH3 is 1. The number of carboxylic acids is 1. The van der Waals surface area contributed by atoms with Gasteiger partial charge in [0.15, 0.2) is 0 Å². The molecular weight excluding hydrogens is 422 g/mol. The summed E-state index contributed by atoms with van der Waals surface area (Å²) in [7, 11) is 1.50. The van der Waals surface area contributed by atoms with Gasteiger partial charge in [0.25, 0.3) is 0 Å². The van der Waals surface area contributed by atoms with Gasteiger partial charge < -0.3 is 25.3 Å². The number of rotatable bonds is 8. The molecule has 3 aromatic carbocycles. The Hall–Kier alpha value is -4.33. The van der Waals surface area contributed by atoms with E-state index in [1.165, 1.54) is 7.11 Å². The number of nitrogens with zero attached hydrogens (tertiary/aromatic N) is 1. The van der Waals surface area contributed by atoms with E-state index in [0.717, 1.165) is 10.5 Å². The molecule has 0 aromatic heterocycles. The lowest BCUT2D eigenvalue weighted by atomic mass is 10.0. The van der Waals surface area contributed by atoms with Crippen molar-refractivity contribution < 1.29 is 24.2 Å². The first kappa shape index (κ1) is 23.3. The lowest BCUT2D eigenvalue weighted by molar-refractivity contribution is -0.307. The van der Waals surface area contributed by atoms with Gasteiger partial charge in [-0.3, -0.25) is 9.69 Å². The number of aliphatic carboxylic acids is 1. The van der Waals surface area contributed by atoms with Crippen molar-refractivity contribution in [3.8, 4) is 5.75 Å². The second-order valence-electron chi connectivity index (χ2n) is 7.27. The van der Waals surface area contributed by atoms with Crippen molar-refractivity contribution in [3.63, 3.8) is 0 Å². The van der Waals surface area contributed by atoms with Crippen molar-refractivity contribution in [3.05, 3.63) is 90.0 Å². The standard InChI is InChI=1S/C25H25N3O5/c1-17-7-6-8-19(15-17)27-25(32)26-16-22(29)28(20-9-4-3-5-10-20)23(24(30)31)18-11-13-21(33-2)14-12-18/h3-15,23H,16H2,1-2H3,(H,30,31)(H2,26,27,32)/p-1. The van der Waals surface area contributed by atoms with Crippen LogP contribution in [0.15, 0.2) is 78.9 Å². The van der Waals surface area contributed by atoms with E-state index in [-0.39, 0.29) is 0 Å². The number of carbonyl (C=O) groups is 3. The lowest BCUT2D eigenvalue weighted by Crippen LogP contribution is -2.48. The number of amides is 3. The van der Waals surface area contributed by atoms with Gasteiger partial charge in [0, 0.05) is 11.4 Å². The first-order valence-corrected chi connectivity index (χ1v) is 10.2. The SMILES string of the molecule is COc1ccc(C(C(=O)[O-])N(C(=O)CNC(=O)Nc2cccc(C)c2)c2ccccc2)cc1. The van der Waals surface area contributed by atoms with Crippen LogP contribution in [0.25, 0.3) is 0 Å². The molecule has 1 unspecified atom stereocenters. The quantitative estimate of drug-likeness (QED) is 0.553. The van der Waals surface area contributed by atoms with Crippen molar-refractivity contribution in [1.29, 1.82) is 0 Å². The third-order valence-corrected chi connectivity index (χ3v) is 4.89. The summed E-state index contributed by atoms with van der Waals surface area (Å²) < 4.78 is 5.13. The summed E-state index contributed by atoms with van der Waals surface area (Å²) in [4.78, 5) is 38.7. The number of hydrogen-bond acceptors (Lipinski definition) is 5. The lowest BCUT2D eigenvalue weighted by Gasteiger charge is -2.33. The smallest absolute Gasteiger partial charge is 0.319 e. The topological polar surface area (TPSA) is 111 Å². The van der Waals surface area contributed by atoms with Crippen LogP contribution in [0, 0.1) is 6.92 Å². The molecule has 0 aliphatic carbocycles. The minimum atomic E-state index is -1.46. The van der Waals surface area contributed by atoms with Gasteiger partial charge in [-0.2, -0.15) is 0 Å². The Bertz CT molecular complexity index is 1120. The van der Waals surface area contributed by atoms with E-state index in [1.807, 2.05) is 13.0 Å². The highest BCUT2D eigenvalue weighted by Crippen LogP contribution is 2.28. The fraction of sp³-hybridized carbons (Fsp3) is 0.160.